The van der Waals surface area contributed by atoms with Crippen LogP contribution in [0.15, 0.2) is 41.1 Å². The second kappa shape index (κ2) is 10.4. The number of nitrogens with zero attached hydrogens (tertiary/aromatic N) is 2. The topological polar surface area (TPSA) is 88.3 Å². The summed E-state index contributed by atoms with van der Waals surface area (Å²) < 4.78 is 0. The van der Waals surface area contributed by atoms with Crippen LogP contribution in [-0.2, 0) is 11.2 Å². The molecule has 6 nitrogen and oxygen atoms in total. The SMILES string of the molecule is CC(=O)Cc1ccc(NC(=O)c2csc(-c3cccs3)n2)c(N2CCCC(CCN)C2)c1. The number of aromatic nitrogens is 1. The quantitative estimate of drug-likeness (QED) is 0.495. The van der Waals surface area contributed by atoms with E-state index in [0.29, 0.717) is 24.6 Å². The van der Waals surface area contributed by atoms with Crippen molar-refractivity contribution in [2.24, 2.45) is 11.7 Å². The van der Waals surface area contributed by atoms with E-state index >= 15 is 0 Å². The van der Waals surface area contributed by atoms with Crippen molar-refractivity contribution in [3.8, 4) is 9.88 Å². The molecule has 1 saturated heterocycles. The van der Waals surface area contributed by atoms with Crippen molar-refractivity contribution in [1.82, 2.24) is 4.98 Å². The molecule has 1 unspecified atom stereocenters. The fourth-order valence-corrected chi connectivity index (χ4v) is 5.79. The number of hydrogen-bond donors (Lipinski definition) is 2. The number of piperidine rings is 1. The Hall–Kier alpha value is -2.55. The number of benzene rings is 1. The van der Waals surface area contributed by atoms with Gasteiger partial charge in [0, 0.05) is 24.9 Å². The van der Waals surface area contributed by atoms with Crippen LogP contribution in [0, 0.1) is 5.92 Å². The molecular weight excluding hydrogens is 440 g/mol. The molecule has 1 amide bonds. The van der Waals surface area contributed by atoms with Crippen LogP contribution in [0.5, 0.6) is 0 Å². The van der Waals surface area contributed by atoms with Crippen molar-refractivity contribution in [2.75, 3.05) is 29.9 Å². The fraction of sp³-hybridized carbons (Fsp3) is 0.375. The van der Waals surface area contributed by atoms with Crippen LogP contribution in [0.1, 0.15) is 42.2 Å². The third-order valence-electron chi connectivity index (χ3n) is 5.67. The molecule has 168 valence electrons. The van der Waals surface area contributed by atoms with Crippen LogP contribution in [0.3, 0.4) is 0 Å². The van der Waals surface area contributed by atoms with Gasteiger partial charge in [0.05, 0.1) is 16.3 Å². The maximum atomic E-state index is 13.0. The minimum atomic E-state index is -0.222. The number of Topliss-reactive ketones (excluding diaryl/α,β-unsaturated/α-hetero) is 1. The second-order valence-electron chi connectivity index (χ2n) is 8.23. The number of thiophene rings is 1. The van der Waals surface area contributed by atoms with E-state index in [2.05, 4.69) is 15.2 Å². The van der Waals surface area contributed by atoms with Gasteiger partial charge < -0.3 is 16.0 Å². The van der Waals surface area contributed by atoms with Gasteiger partial charge in [-0.2, -0.15) is 0 Å². The Morgan fingerprint density at radius 3 is 2.91 bits per heavy atom. The summed E-state index contributed by atoms with van der Waals surface area (Å²) in [5.74, 6) is 0.441. The third-order valence-corrected chi connectivity index (χ3v) is 7.55. The van der Waals surface area contributed by atoms with E-state index < -0.39 is 0 Å². The summed E-state index contributed by atoms with van der Waals surface area (Å²) in [4.78, 5) is 32.6. The number of ketones is 1. The van der Waals surface area contributed by atoms with Crippen LogP contribution in [-0.4, -0.2) is 36.3 Å². The smallest absolute Gasteiger partial charge is 0.275 e. The Labute approximate surface area is 196 Å². The van der Waals surface area contributed by atoms with Crippen molar-refractivity contribution < 1.29 is 9.59 Å². The predicted octanol–water partition coefficient (Wildman–Crippen LogP) is 4.82. The number of carbonyl (C=O) groups excluding carboxylic acids is 2. The summed E-state index contributed by atoms with van der Waals surface area (Å²) in [6, 6.07) is 9.85. The number of thiazole rings is 1. The van der Waals surface area contributed by atoms with Gasteiger partial charge in [-0.25, -0.2) is 4.98 Å². The Bertz CT molecular complexity index is 1080. The number of carbonyl (C=O) groups is 2. The van der Waals surface area contributed by atoms with Crippen molar-refractivity contribution in [3.05, 3.63) is 52.3 Å². The zero-order valence-corrected chi connectivity index (χ0v) is 19.8. The van der Waals surface area contributed by atoms with Gasteiger partial charge in [0.15, 0.2) is 0 Å². The van der Waals surface area contributed by atoms with Crippen molar-refractivity contribution in [2.45, 2.75) is 32.6 Å². The van der Waals surface area contributed by atoms with Gasteiger partial charge in [-0.05, 0) is 67.8 Å². The van der Waals surface area contributed by atoms with Gasteiger partial charge >= 0.3 is 0 Å². The molecule has 0 spiro atoms. The predicted molar refractivity (Wildman–Crippen MR) is 133 cm³/mol. The lowest BCUT2D eigenvalue weighted by atomic mass is 9.94. The first-order valence-electron chi connectivity index (χ1n) is 10.9. The molecule has 8 heteroatoms. The molecular formula is C24H28N4O2S2. The highest BCUT2D eigenvalue weighted by atomic mass is 32.1. The zero-order chi connectivity index (χ0) is 22.5. The molecule has 4 rings (SSSR count). The minimum Gasteiger partial charge on any atom is -0.370 e. The van der Waals surface area contributed by atoms with E-state index in [9.17, 15) is 9.59 Å². The largest absolute Gasteiger partial charge is 0.370 e. The highest BCUT2D eigenvalue weighted by Gasteiger charge is 2.23. The summed E-state index contributed by atoms with van der Waals surface area (Å²) in [6.07, 6.45) is 3.64. The highest BCUT2D eigenvalue weighted by Crippen LogP contribution is 2.33. The van der Waals surface area contributed by atoms with E-state index in [0.717, 1.165) is 52.8 Å². The molecule has 0 radical (unpaired) electrons. The van der Waals surface area contributed by atoms with Crippen LogP contribution in [0.4, 0.5) is 11.4 Å². The minimum absolute atomic E-state index is 0.121. The molecule has 1 aromatic carbocycles. The average Bonchev–Trinajstić information content (AvgIpc) is 3.47. The number of hydrogen-bond acceptors (Lipinski definition) is 7. The van der Waals surface area contributed by atoms with Gasteiger partial charge in [-0.3, -0.25) is 9.59 Å². The van der Waals surface area contributed by atoms with Crippen molar-refractivity contribution >= 4 is 45.7 Å². The van der Waals surface area contributed by atoms with E-state index in [-0.39, 0.29) is 11.7 Å². The normalized spacial score (nSPS) is 16.2. The molecule has 3 N–H and O–H groups in total. The number of rotatable bonds is 8. The number of amides is 1. The van der Waals surface area contributed by atoms with Gasteiger partial charge in [-0.15, -0.1) is 22.7 Å². The number of anilines is 2. The van der Waals surface area contributed by atoms with E-state index in [4.69, 9.17) is 5.73 Å². The maximum absolute atomic E-state index is 13.0. The Kier molecular flexibility index (Phi) is 7.34. The van der Waals surface area contributed by atoms with E-state index in [1.807, 2.05) is 35.7 Å². The van der Waals surface area contributed by atoms with Crippen LogP contribution < -0.4 is 16.0 Å². The lowest BCUT2D eigenvalue weighted by molar-refractivity contribution is -0.116. The van der Waals surface area contributed by atoms with Crippen LogP contribution in [0.2, 0.25) is 0 Å². The van der Waals surface area contributed by atoms with Gasteiger partial charge in [0.2, 0.25) is 0 Å². The molecule has 3 aromatic rings. The van der Waals surface area contributed by atoms with Crippen molar-refractivity contribution in [3.63, 3.8) is 0 Å². The lowest BCUT2D eigenvalue weighted by Crippen LogP contribution is -2.36. The zero-order valence-electron chi connectivity index (χ0n) is 18.2. The van der Waals surface area contributed by atoms with E-state index in [1.54, 1.807) is 23.6 Å². The summed E-state index contributed by atoms with van der Waals surface area (Å²) in [7, 11) is 0. The average molecular weight is 469 g/mol. The number of nitrogens with two attached hydrogens (primary N) is 1. The van der Waals surface area contributed by atoms with Gasteiger partial charge in [-0.1, -0.05) is 12.1 Å². The molecule has 3 heterocycles. The Morgan fingerprint density at radius 1 is 1.28 bits per heavy atom. The first kappa shape index (κ1) is 22.6. The van der Waals surface area contributed by atoms with Crippen LogP contribution in [0.25, 0.3) is 9.88 Å². The third kappa shape index (κ3) is 5.43. The highest BCUT2D eigenvalue weighted by molar-refractivity contribution is 7.20. The molecule has 0 bridgehead atoms. The van der Waals surface area contributed by atoms with Crippen LogP contribution >= 0.6 is 22.7 Å². The molecule has 1 aliphatic heterocycles. The van der Waals surface area contributed by atoms with Gasteiger partial charge in [0.1, 0.15) is 16.5 Å². The second-order valence-corrected chi connectivity index (χ2v) is 10.0. The molecule has 0 saturated carbocycles. The molecule has 2 aromatic heterocycles. The monoisotopic (exact) mass is 468 g/mol. The first-order valence-corrected chi connectivity index (χ1v) is 12.7. The molecule has 0 aliphatic carbocycles. The lowest BCUT2D eigenvalue weighted by Gasteiger charge is -2.35. The van der Waals surface area contributed by atoms with E-state index in [1.165, 1.54) is 17.8 Å². The van der Waals surface area contributed by atoms with Gasteiger partial charge in [0.25, 0.3) is 5.91 Å². The summed E-state index contributed by atoms with van der Waals surface area (Å²) in [6.45, 7) is 4.11. The molecule has 32 heavy (non-hydrogen) atoms. The summed E-state index contributed by atoms with van der Waals surface area (Å²) >= 11 is 3.08. The Morgan fingerprint density at radius 2 is 2.16 bits per heavy atom. The summed E-state index contributed by atoms with van der Waals surface area (Å²) in [5, 5.41) is 7.72. The fourth-order valence-electron chi connectivity index (χ4n) is 4.17. The molecule has 1 atom stereocenters. The molecule has 1 aliphatic rings. The number of nitrogens with one attached hydrogen (secondary N) is 1. The molecule has 1 fully saturated rings. The standard InChI is InChI=1S/C24H28N4O2S2/c1-16(29)12-18-6-7-19(21(13-18)28-10-2-4-17(14-28)8-9-25)26-23(30)20-15-32-24(27-20)22-5-3-11-31-22/h3,5-7,11,13,15,17H,2,4,8-10,12,14,25H2,1H3,(H,26,30). The first-order chi connectivity index (χ1) is 15.5. The maximum Gasteiger partial charge on any atom is 0.275 e. The summed E-state index contributed by atoms with van der Waals surface area (Å²) in [5.41, 5.74) is 8.89. The Balaban J connectivity index is 1.58. The van der Waals surface area contributed by atoms with Crippen molar-refractivity contribution in [1.29, 1.82) is 0 Å².